The number of nitrogens with zero attached hydrogens (tertiary/aromatic N) is 1. The molecule has 0 saturated carbocycles. The third-order valence-corrected chi connectivity index (χ3v) is 3.34. The van der Waals surface area contributed by atoms with E-state index in [0.717, 1.165) is 10.7 Å². The fraction of sp³-hybridized carbons (Fsp3) is 0.154. The van der Waals surface area contributed by atoms with E-state index in [-0.39, 0.29) is 12.1 Å². The number of hydrogen-bond donors (Lipinski definition) is 2. The minimum atomic E-state index is -1.19. The summed E-state index contributed by atoms with van der Waals surface area (Å²) in [5, 5.41) is 11.9. The molecule has 1 aromatic carbocycles. The molecular formula is C13H10Cl2N2O4. The number of carbonyl (C=O) groups is 1. The lowest BCUT2D eigenvalue weighted by molar-refractivity contribution is -0.136. The number of benzene rings is 1. The molecule has 0 amide bonds. The van der Waals surface area contributed by atoms with Crippen molar-refractivity contribution < 1.29 is 9.90 Å². The van der Waals surface area contributed by atoms with Crippen molar-refractivity contribution in [3.05, 3.63) is 66.1 Å². The molecule has 0 aliphatic heterocycles. The number of H-pyrrole nitrogens is 1. The van der Waals surface area contributed by atoms with Crippen LogP contribution in [0.3, 0.4) is 0 Å². The molecule has 0 atom stereocenters. The molecule has 8 heteroatoms. The average Bonchev–Trinajstić information content (AvgIpc) is 2.37. The van der Waals surface area contributed by atoms with E-state index in [1.807, 2.05) is 0 Å². The molecule has 0 aliphatic rings. The summed E-state index contributed by atoms with van der Waals surface area (Å²) in [6, 6.07) is 5.73. The molecule has 2 rings (SSSR count). The SMILES string of the molecule is O=C(O)Cc1cc(=O)[nH]n(Cc2ccc(Cl)cc2Cl)c1=O. The first-order valence-corrected chi connectivity index (χ1v) is 6.61. The first-order chi connectivity index (χ1) is 9.86. The smallest absolute Gasteiger partial charge is 0.308 e. The zero-order valence-corrected chi connectivity index (χ0v) is 12.1. The van der Waals surface area contributed by atoms with Crippen LogP contribution in [0.4, 0.5) is 0 Å². The Morgan fingerprint density at radius 3 is 2.52 bits per heavy atom. The molecule has 0 unspecified atom stereocenters. The number of aromatic nitrogens is 2. The predicted octanol–water partition coefficient (Wildman–Crippen LogP) is 1.52. The highest BCUT2D eigenvalue weighted by molar-refractivity contribution is 6.35. The number of hydrogen-bond acceptors (Lipinski definition) is 3. The fourth-order valence-corrected chi connectivity index (χ4v) is 2.30. The number of nitrogens with one attached hydrogen (secondary N) is 1. The van der Waals surface area contributed by atoms with Crippen LogP contribution in [0.25, 0.3) is 0 Å². The number of aromatic amines is 1. The maximum atomic E-state index is 12.1. The zero-order valence-electron chi connectivity index (χ0n) is 10.6. The summed E-state index contributed by atoms with van der Waals surface area (Å²) in [7, 11) is 0. The van der Waals surface area contributed by atoms with Crippen LogP contribution in [-0.4, -0.2) is 20.9 Å². The molecule has 0 aliphatic carbocycles. The average molecular weight is 329 g/mol. The Labute approximate surface area is 128 Å². The van der Waals surface area contributed by atoms with Gasteiger partial charge in [0, 0.05) is 21.7 Å². The molecule has 110 valence electrons. The van der Waals surface area contributed by atoms with E-state index in [9.17, 15) is 14.4 Å². The summed E-state index contributed by atoms with van der Waals surface area (Å²) in [6.45, 7) is 0.0114. The van der Waals surface area contributed by atoms with Crippen molar-refractivity contribution in [2.45, 2.75) is 13.0 Å². The maximum Gasteiger partial charge on any atom is 0.308 e. The predicted molar refractivity (Wildman–Crippen MR) is 78.2 cm³/mol. The standard InChI is InChI=1S/C13H10Cl2N2O4/c14-9-2-1-7(10(15)5-9)6-17-13(21)8(4-12(19)20)3-11(18)16-17/h1-3,5H,4,6H2,(H,16,18)(H,19,20). The van der Waals surface area contributed by atoms with Crippen molar-refractivity contribution in [1.82, 2.24) is 9.78 Å². The second-order valence-corrected chi connectivity index (χ2v) is 5.19. The molecule has 0 saturated heterocycles. The van der Waals surface area contributed by atoms with E-state index in [0.29, 0.717) is 15.6 Å². The summed E-state index contributed by atoms with van der Waals surface area (Å²) in [5.41, 5.74) is -0.651. The first-order valence-electron chi connectivity index (χ1n) is 5.85. The molecule has 1 heterocycles. The summed E-state index contributed by atoms with van der Waals surface area (Å²) >= 11 is 11.8. The first kappa shape index (κ1) is 15.3. The van der Waals surface area contributed by atoms with Gasteiger partial charge < -0.3 is 5.11 Å². The van der Waals surface area contributed by atoms with Crippen molar-refractivity contribution in [3.8, 4) is 0 Å². The summed E-state index contributed by atoms with van der Waals surface area (Å²) in [5.74, 6) is -1.19. The number of carboxylic acid groups (broad SMARTS) is 1. The number of halogens is 2. The molecular weight excluding hydrogens is 319 g/mol. The molecule has 0 bridgehead atoms. The second-order valence-electron chi connectivity index (χ2n) is 4.34. The third-order valence-electron chi connectivity index (χ3n) is 2.76. The number of carboxylic acids is 1. The van der Waals surface area contributed by atoms with Gasteiger partial charge in [-0.3, -0.25) is 19.5 Å². The second kappa shape index (κ2) is 6.15. The normalized spacial score (nSPS) is 10.6. The Hall–Kier alpha value is -2.05. The van der Waals surface area contributed by atoms with Crippen LogP contribution < -0.4 is 11.1 Å². The van der Waals surface area contributed by atoms with Crippen LogP contribution in [0.2, 0.25) is 10.0 Å². The van der Waals surface area contributed by atoms with Gasteiger partial charge in [-0.15, -0.1) is 0 Å². The van der Waals surface area contributed by atoms with Gasteiger partial charge in [0.1, 0.15) is 0 Å². The maximum absolute atomic E-state index is 12.1. The van der Waals surface area contributed by atoms with E-state index >= 15 is 0 Å². The lowest BCUT2D eigenvalue weighted by Gasteiger charge is -2.09. The van der Waals surface area contributed by atoms with Crippen LogP contribution in [0, 0.1) is 0 Å². The van der Waals surface area contributed by atoms with E-state index in [2.05, 4.69) is 5.10 Å². The highest BCUT2D eigenvalue weighted by Gasteiger charge is 2.11. The minimum absolute atomic E-state index is 0.0114. The van der Waals surface area contributed by atoms with Crippen molar-refractivity contribution in [3.63, 3.8) is 0 Å². The highest BCUT2D eigenvalue weighted by Crippen LogP contribution is 2.21. The molecule has 6 nitrogen and oxygen atoms in total. The van der Waals surface area contributed by atoms with Crippen LogP contribution >= 0.6 is 23.2 Å². The molecule has 0 spiro atoms. The van der Waals surface area contributed by atoms with Gasteiger partial charge in [0.15, 0.2) is 0 Å². The van der Waals surface area contributed by atoms with Crippen molar-refractivity contribution in [2.24, 2.45) is 0 Å². The Morgan fingerprint density at radius 2 is 1.90 bits per heavy atom. The Balaban J connectivity index is 2.44. The number of aliphatic carboxylic acids is 1. The van der Waals surface area contributed by atoms with Gasteiger partial charge >= 0.3 is 5.97 Å². The quantitative estimate of drug-likeness (QED) is 0.889. The van der Waals surface area contributed by atoms with Gasteiger partial charge in [-0.25, -0.2) is 4.68 Å². The van der Waals surface area contributed by atoms with Crippen LogP contribution in [0.1, 0.15) is 11.1 Å². The van der Waals surface area contributed by atoms with Gasteiger partial charge in [0.25, 0.3) is 11.1 Å². The summed E-state index contributed by atoms with van der Waals surface area (Å²) in [4.78, 5) is 34.3. The summed E-state index contributed by atoms with van der Waals surface area (Å²) < 4.78 is 1.02. The topological polar surface area (TPSA) is 92.2 Å². The van der Waals surface area contributed by atoms with Crippen LogP contribution in [0.15, 0.2) is 33.9 Å². The Kier molecular flexibility index (Phi) is 4.50. The Morgan fingerprint density at radius 1 is 1.19 bits per heavy atom. The fourth-order valence-electron chi connectivity index (χ4n) is 1.83. The Bertz CT molecular complexity index is 811. The van der Waals surface area contributed by atoms with Gasteiger partial charge in [-0.05, 0) is 17.7 Å². The van der Waals surface area contributed by atoms with Gasteiger partial charge in [0.05, 0.1) is 13.0 Å². The molecule has 0 radical (unpaired) electrons. The lowest BCUT2D eigenvalue weighted by atomic mass is 10.2. The van der Waals surface area contributed by atoms with Crippen molar-refractivity contribution in [2.75, 3.05) is 0 Å². The lowest BCUT2D eigenvalue weighted by Crippen LogP contribution is -2.33. The molecule has 21 heavy (non-hydrogen) atoms. The van der Waals surface area contributed by atoms with Crippen molar-refractivity contribution >= 4 is 29.2 Å². The van der Waals surface area contributed by atoms with Crippen LogP contribution in [-0.2, 0) is 17.8 Å². The van der Waals surface area contributed by atoms with E-state index in [1.54, 1.807) is 12.1 Å². The van der Waals surface area contributed by atoms with Crippen LogP contribution in [0.5, 0.6) is 0 Å². The highest BCUT2D eigenvalue weighted by atomic mass is 35.5. The zero-order chi connectivity index (χ0) is 15.6. The molecule has 2 N–H and O–H groups in total. The monoisotopic (exact) mass is 328 g/mol. The van der Waals surface area contributed by atoms with E-state index < -0.39 is 23.5 Å². The number of rotatable bonds is 4. The molecule has 2 aromatic rings. The summed E-state index contributed by atoms with van der Waals surface area (Å²) in [6.07, 6.45) is -0.517. The van der Waals surface area contributed by atoms with Gasteiger partial charge in [-0.2, -0.15) is 0 Å². The minimum Gasteiger partial charge on any atom is -0.481 e. The van der Waals surface area contributed by atoms with E-state index in [4.69, 9.17) is 28.3 Å². The molecule has 1 aromatic heterocycles. The van der Waals surface area contributed by atoms with Gasteiger partial charge in [0.2, 0.25) is 0 Å². The van der Waals surface area contributed by atoms with Gasteiger partial charge in [-0.1, -0.05) is 29.3 Å². The van der Waals surface area contributed by atoms with Crippen molar-refractivity contribution in [1.29, 1.82) is 0 Å². The van der Waals surface area contributed by atoms with E-state index in [1.165, 1.54) is 6.07 Å². The molecule has 0 fully saturated rings. The third kappa shape index (κ3) is 3.74. The largest absolute Gasteiger partial charge is 0.481 e.